The summed E-state index contributed by atoms with van der Waals surface area (Å²) in [6, 6.07) is 7.25. The SMILES string of the molecule is CC(C)OCc1ccc(C(=O)N(CC(=O)O)C2CC2)cc1. The van der Waals surface area contributed by atoms with Crippen LogP contribution in [0.1, 0.15) is 42.6 Å². The van der Waals surface area contributed by atoms with Crippen molar-refractivity contribution in [1.82, 2.24) is 4.90 Å². The van der Waals surface area contributed by atoms with Gasteiger partial charge < -0.3 is 14.7 Å². The van der Waals surface area contributed by atoms with E-state index in [0.29, 0.717) is 12.2 Å². The Morgan fingerprint density at radius 1 is 1.29 bits per heavy atom. The molecule has 0 atom stereocenters. The number of rotatable bonds is 7. The van der Waals surface area contributed by atoms with E-state index in [-0.39, 0.29) is 24.6 Å². The molecule has 1 N–H and O–H groups in total. The maximum absolute atomic E-state index is 12.4. The van der Waals surface area contributed by atoms with Gasteiger partial charge in [0.15, 0.2) is 0 Å². The summed E-state index contributed by atoms with van der Waals surface area (Å²) in [5.74, 6) is -1.19. The van der Waals surface area contributed by atoms with Gasteiger partial charge >= 0.3 is 5.97 Å². The van der Waals surface area contributed by atoms with Crippen molar-refractivity contribution in [3.63, 3.8) is 0 Å². The minimum Gasteiger partial charge on any atom is -0.480 e. The smallest absolute Gasteiger partial charge is 0.323 e. The molecular weight excluding hydrogens is 270 g/mol. The Kier molecular flexibility index (Phi) is 4.96. The Hall–Kier alpha value is -1.88. The monoisotopic (exact) mass is 291 g/mol. The highest BCUT2D eigenvalue weighted by atomic mass is 16.5. The predicted octanol–water partition coefficient (Wildman–Crippen LogP) is 2.30. The van der Waals surface area contributed by atoms with Crippen LogP contribution in [-0.4, -0.2) is 40.6 Å². The standard InChI is InChI=1S/C16H21NO4/c1-11(2)21-10-12-3-5-13(6-4-12)16(20)17(9-15(18)19)14-7-8-14/h3-6,11,14H,7-10H2,1-2H3,(H,18,19). The van der Waals surface area contributed by atoms with Crippen molar-refractivity contribution in [1.29, 1.82) is 0 Å². The number of hydrogen-bond acceptors (Lipinski definition) is 3. The summed E-state index contributed by atoms with van der Waals surface area (Å²) in [7, 11) is 0. The molecule has 1 aliphatic carbocycles. The third-order valence-electron chi connectivity index (χ3n) is 3.34. The first-order valence-electron chi connectivity index (χ1n) is 7.20. The lowest BCUT2D eigenvalue weighted by atomic mass is 10.1. The van der Waals surface area contributed by atoms with Crippen LogP contribution in [-0.2, 0) is 16.1 Å². The third-order valence-corrected chi connectivity index (χ3v) is 3.34. The minimum absolute atomic E-state index is 0.0811. The van der Waals surface area contributed by atoms with E-state index in [4.69, 9.17) is 9.84 Å². The van der Waals surface area contributed by atoms with Crippen molar-refractivity contribution >= 4 is 11.9 Å². The number of hydrogen-bond donors (Lipinski definition) is 1. The van der Waals surface area contributed by atoms with Crippen LogP contribution in [0.25, 0.3) is 0 Å². The number of ether oxygens (including phenoxy) is 1. The molecule has 0 aromatic heterocycles. The van der Waals surface area contributed by atoms with Gasteiger partial charge in [-0.2, -0.15) is 0 Å². The second-order valence-corrected chi connectivity index (χ2v) is 5.61. The van der Waals surface area contributed by atoms with Gasteiger partial charge in [0.1, 0.15) is 6.54 Å². The molecule has 1 aliphatic rings. The highest BCUT2D eigenvalue weighted by Crippen LogP contribution is 2.28. The van der Waals surface area contributed by atoms with Crippen LogP contribution < -0.4 is 0 Å². The number of carbonyl (C=O) groups excluding carboxylic acids is 1. The molecule has 1 fully saturated rings. The zero-order chi connectivity index (χ0) is 15.4. The summed E-state index contributed by atoms with van der Waals surface area (Å²) in [4.78, 5) is 24.7. The van der Waals surface area contributed by atoms with Gasteiger partial charge in [0.05, 0.1) is 12.7 Å². The molecule has 1 aromatic carbocycles. The van der Waals surface area contributed by atoms with Crippen LogP contribution >= 0.6 is 0 Å². The van der Waals surface area contributed by atoms with Crippen molar-refractivity contribution in [2.45, 2.75) is 45.4 Å². The minimum atomic E-state index is -0.975. The van der Waals surface area contributed by atoms with Gasteiger partial charge in [-0.05, 0) is 44.4 Å². The Balaban J connectivity index is 2.02. The molecule has 5 heteroatoms. The lowest BCUT2D eigenvalue weighted by Gasteiger charge is -2.20. The number of benzene rings is 1. The predicted molar refractivity (Wildman–Crippen MR) is 78.1 cm³/mol. The van der Waals surface area contributed by atoms with Crippen LogP contribution in [0.15, 0.2) is 24.3 Å². The first kappa shape index (κ1) is 15.5. The van der Waals surface area contributed by atoms with Gasteiger partial charge in [0.2, 0.25) is 0 Å². The maximum Gasteiger partial charge on any atom is 0.323 e. The second-order valence-electron chi connectivity index (χ2n) is 5.61. The molecule has 0 radical (unpaired) electrons. The van der Waals surface area contributed by atoms with Gasteiger partial charge in [-0.15, -0.1) is 0 Å². The third kappa shape index (κ3) is 4.56. The molecular formula is C16H21NO4. The van der Waals surface area contributed by atoms with Gasteiger partial charge in [-0.25, -0.2) is 0 Å². The molecule has 0 heterocycles. The van der Waals surface area contributed by atoms with Crippen LogP contribution in [0.3, 0.4) is 0 Å². The lowest BCUT2D eigenvalue weighted by molar-refractivity contribution is -0.137. The zero-order valence-electron chi connectivity index (χ0n) is 12.4. The van der Waals surface area contributed by atoms with E-state index in [0.717, 1.165) is 18.4 Å². The van der Waals surface area contributed by atoms with Gasteiger partial charge in [-0.3, -0.25) is 9.59 Å². The van der Waals surface area contributed by atoms with Crippen molar-refractivity contribution in [3.05, 3.63) is 35.4 Å². The molecule has 114 valence electrons. The van der Waals surface area contributed by atoms with Gasteiger partial charge in [0, 0.05) is 11.6 Å². The molecule has 21 heavy (non-hydrogen) atoms. The molecule has 0 bridgehead atoms. The molecule has 1 saturated carbocycles. The largest absolute Gasteiger partial charge is 0.480 e. The van der Waals surface area contributed by atoms with E-state index in [9.17, 15) is 9.59 Å². The number of nitrogens with zero attached hydrogens (tertiary/aromatic N) is 1. The van der Waals surface area contributed by atoms with Crippen LogP contribution in [0.2, 0.25) is 0 Å². The summed E-state index contributed by atoms with van der Waals surface area (Å²) in [6.45, 7) is 4.21. The summed E-state index contributed by atoms with van der Waals surface area (Å²) in [5, 5.41) is 8.91. The van der Waals surface area contributed by atoms with Gasteiger partial charge in [0.25, 0.3) is 5.91 Å². The number of carboxylic acid groups (broad SMARTS) is 1. The molecule has 2 rings (SSSR count). The second kappa shape index (κ2) is 6.72. The first-order valence-corrected chi connectivity index (χ1v) is 7.20. The molecule has 5 nitrogen and oxygen atoms in total. The summed E-state index contributed by atoms with van der Waals surface area (Å²) < 4.78 is 5.50. The summed E-state index contributed by atoms with van der Waals surface area (Å²) >= 11 is 0. The average Bonchev–Trinajstić information content (AvgIpc) is 3.26. The first-order chi connectivity index (χ1) is 9.97. The van der Waals surface area contributed by atoms with E-state index in [1.54, 1.807) is 12.1 Å². The van der Waals surface area contributed by atoms with Crippen LogP contribution in [0.4, 0.5) is 0 Å². The Labute approximate surface area is 124 Å². The fraction of sp³-hybridized carbons (Fsp3) is 0.500. The Bertz CT molecular complexity index is 506. The molecule has 1 amide bonds. The summed E-state index contributed by atoms with van der Waals surface area (Å²) in [6.07, 6.45) is 1.94. The maximum atomic E-state index is 12.4. The highest BCUT2D eigenvalue weighted by Gasteiger charge is 2.34. The molecule has 0 saturated heterocycles. The molecule has 0 unspecified atom stereocenters. The normalized spacial score (nSPS) is 14.2. The number of carboxylic acids is 1. The Morgan fingerprint density at radius 2 is 1.90 bits per heavy atom. The van der Waals surface area contributed by atoms with Crippen LogP contribution in [0.5, 0.6) is 0 Å². The van der Waals surface area contributed by atoms with Crippen LogP contribution in [0, 0.1) is 0 Å². The fourth-order valence-electron chi connectivity index (χ4n) is 2.07. The molecule has 0 spiro atoms. The molecule has 1 aromatic rings. The topological polar surface area (TPSA) is 66.8 Å². The van der Waals surface area contributed by atoms with E-state index in [1.165, 1.54) is 4.90 Å². The highest BCUT2D eigenvalue weighted by molar-refractivity contribution is 5.96. The van der Waals surface area contributed by atoms with Crippen molar-refractivity contribution < 1.29 is 19.4 Å². The average molecular weight is 291 g/mol. The zero-order valence-corrected chi connectivity index (χ0v) is 12.4. The van der Waals surface area contributed by atoms with Crippen molar-refractivity contribution in [3.8, 4) is 0 Å². The van der Waals surface area contributed by atoms with E-state index >= 15 is 0 Å². The lowest BCUT2D eigenvalue weighted by Crippen LogP contribution is -2.37. The fourth-order valence-corrected chi connectivity index (χ4v) is 2.07. The number of carbonyl (C=O) groups is 2. The van der Waals surface area contributed by atoms with Gasteiger partial charge in [-0.1, -0.05) is 12.1 Å². The molecule has 0 aliphatic heterocycles. The quantitative estimate of drug-likeness (QED) is 0.837. The number of amides is 1. The summed E-state index contributed by atoms with van der Waals surface area (Å²) in [5.41, 5.74) is 1.52. The number of aliphatic carboxylic acids is 1. The van der Waals surface area contributed by atoms with E-state index < -0.39 is 5.97 Å². The van der Waals surface area contributed by atoms with Crippen molar-refractivity contribution in [2.75, 3.05) is 6.54 Å². The Morgan fingerprint density at radius 3 is 2.38 bits per heavy atom. The van der Waals surface area contributed by atoms with E-state index in [1.807, 2.05) is 26.0 Å². The van der Waals surface area contributed by atoms with E-state index in [2.05, 4.69) is 0 Å². The van der Waals surface area contributed by atoms with Crippen molar-refractivity contribution in [2.24, 2.45) is 0 Å².